The van der Waals surface area contributed by atoms with Gasteiger partial charge in [-0.15, -0.1) is 0 Å². The first-order valence-electron chi connectivity index (χ1n) is 5.23. The summed E-state index contributed by atoms with van der Waals surface area (Å²) in [5.74, 6) is 0. The van der Waals surface area contributed by atoms with E-state index in [1.54, 1.807) is 0 Å². The Bertz CT molecular complexity index is 142. The lowest BCUT2D eigenvalue weighted by Crippen LogP contribution is -2.42. The van der Waals surface area contributed by atoms with Crippen molar-refractivity contribution in [1.29, 1.82) is 0 Å². The summed E-state index contributed by atoms with van der Waals surface area (Å²) in [5, 5.41) is 9.73. The molecule has 1 saturated heterocycles. The number of rotatable bonds is 1. The van der Waals surface area contributed by atoms with E-state index in [0.29, 0.717) is 12.1 Å². The lowest BCUT2D eigenvalue weighted by Gasteiger charge is -2.30. The smallest absolute Gasteiger partial charge is 0.0695 e. The van der Waals surface area contributed by atoms with Crippen LogP contribution in [0.1, 0.15) is 39.0 Å². The summed E-state index contributed by atoms with van der Waals surface area (Å²) in [6, 6.07) is 1.20. The maximum Gasteiger partial charge on any atom is 0.0695 e. The van der Waals surface area contributed by atoms with E-state index in [-0.39, 0.29) is 6.10 Å². The van der Waals surface area contributed by atoms with Gasteiger partial charge in [-0.25, -0.2) is 0 Å². The zero-order valence-corrected chi connectivity index (χ0v) is 7.87. The minimum Gasteiger partial charge on any atom is -0.391 e. The van der Waals surface area contributed by atoms with Gasteiger partial charge in [-0.3, -0.25) is 4.90 Å². The zero-order valence-electron chi connectivity index (χ0n) is 7.87. The van der Waals surface area contributed by atoms with Crippen molar-refractivity contribution in [2.75, 3.05) is 6.54 Å². The van der Waals surface area contributed by atoms with Gasteiger partial charge in [-0.2, -0.15) is 0 Å². The molecule has 1 heterocycles. The van der Waals surface area contributed by atoms with Crippen LogP contribution in [0.4, 0.5) is 0 Å². The predicted octanol–water partition coefficient (Wildman–Crippen LogP) is 1.38. The molecular formula is C10H19NO. The molecule has 1 saturated carbocycles. The van der Waals surface area contributed by atoms with Crippen molar-refractivity contribution >= 4 is 0 Å². The number of aliphatic hydroxyl groups excluding tert-OH is 1. The van der Waals surface area contributed by atoms with Crippen LogP contribution in [0.2, 0.25) is 0 Å². The molecule has 3 atom stereocenters. The standard InChI is InChI=1S/C10H19NO/c1-8-4-3-7-11(8)9-5-2-6-10(9)12/h8-10,12H,2-7H2,1H3. The molecule has 0 aromatic carbocycles. The second-order valence-electron chi connectivity index (χ2n) is 4.29. The molecule has 12 heavy (non-hydrogen) atoms. The number of hydrogen-bond acceptors (Lipinski definition) is 2. The SMILES string of the molecule is CC1CCCN1C1CCCC1O. The van der Waals surface area contributed by atoms with Crippen LogP contribution in [0.3, 0.4) is 0 Å². The highest BCUT2D eigenvalue weighted by Gasteiger charge is 2.34. The van der Waals surface area contributed by atoms with E-state index >= 15 is 0 Å². The molecule has 1 N–H and O–H groups in total. The van der Waals surface area contributed by atoms with Crippen LogP contribution in [0.15, 0.2) is 0 Å². The molecule has 3 unspecified atom stereocenters. The molecular weight excluding hydrogens is 150 g/mol. The lowest BCUT2D eigenvalue weighted by atomic mass is 10.1. The quantitative estimate of drug-likeness (QED) is 0.641. The van der Waals surface area contributed by atoms with Crippen molar-refractivity contribution in [3.8, 4) is 0 Å². The fraction of sp³-hybridized carbons (Fsp3) is 1.00. The van der Waals surface area contributed by atoms with Crippen LogP contribution in [0.25, 0.3) is 0 Å². The maximum absolute atomic E-state index is 9.73. The third-order valence-corrected chi connectivity index (χ3v) is 3.47. The Morgan fingerprint density at radius 3 is 2.50 bits per heavy atom. The number of nitrogens with zero attached hydrogens (tertiary/aromatic N) is 1. The summed E-state index contributed by atoms with van der Waals surface area (Å²) in [6.07, 6.45) is 6.06. The van der Waals surface area contributed by atoms with Gasteiger partial charge in [0, 0.05) is 12.1 Å². The Hall–Kier alpha value is -0.0800. The topological polar surface area (TPSA) is 23.5 Å². The van der Waals surface area contributed by atoms with Gasteiger partial charge in [0.2, 0.25) is 0 Å². The van der Waals surface area contributed by atoms with E-state index in [4.69, 9.17) is 0 Å². The number of aliphatic hydroxyl groups is 1. The Kier molecular flexibility index (Phi) is 2.37. The van der Waals surface area contributed by atoms with Crippen molar-refractivity contribution in [1.82, 2.24) is 4.90 Å². The highest BCUT2D eigenvalue weighted by atomic mass is 16.3. The third kappa shape index (κ3) is 1.38. The molecule has 2 rings (SSSR count). The minimum atomic E-state index is -0.0365. The summed E-state index contributed by atoms with van der Waals surface area (Å²) >= 11 is 0. The fourth-order valence-corrected chi connectivity index (χ4v) is 2.76. The summed E-state index contributed by atoms with van der Waals surface area (Å²) < 4.78 is 0. The van der Waals surface area contributed by atoms with E-state index in [9.17, 15) is 5.11 Å². The Morgan fingerprint density at radius 1 is 1.17 bits per heavy atom. The van der Waals surface area contributed by atoms with Crippen LogP contribution in [-0.2, 0) is 0 Å². The molecule has 2 nitrogen and oxygen atoms in total. The van der Waals surface area contributed by atoms with Gasteiger partial charge in [-0.1, -0.05) is 0 Å². The van der Waals surface area contributed by atoms with Crippen LogP contribution >= 0.6 is 0 Å². The van der Waals surface area contributed by atoms with Crippen LogP contribution in [0.5, 0.6) is 0 Å². The van der Waals surface area contributed by atoms with Gasteiger partial charge < -0.3 is 5.11 Å². The van der Waals surface area contributed by atoms with Gasteiger partial charge in [-0.05, 0) is 45.6 Å². The third-order valence-electron chi connectivity index (χ3n) is 3.47. The molecule has 1 aliphatic heterocycles. The predicted molar refractivity (Wildman–Crippen MR) is 49.0 cm³/mol. The van der Waals surface area contributed by atoms with Crippen molar-refractivity contribution in [3.05, 3.63) is 0 Å². The first kappa shape index (κ1) is 8.52. The molecule has 0 radical (unpaired) electrons. The number of likely N-dealkylation sites (tertiary alicyclic amines) is 1. The summed E-state index contributed by atoms with van der Waals surface area (Å²) in [5.41, 5.74) is 0. The Labute approximate surface area is 74.6 Å². The first-order chi connectivity index (χ1) is 5.79. The maximum atomic E-state index is 9.73. The van der Waals surface area contributed by atoms with E-state index < -0.39 is 0 Å². The van der Waals surface area contributed by atoms with Gasteiger partial charge >= 0.3 is 0 Å². The van der Waals surface area contributed by atoms with Gasteiger partial charge in [0.05, 0.1) is 6.10 Å². The zero-order chi connectivity index (χ0) is 8.55. The summed E-state index contributed by atoms with van der Waals surface area (Å²) in [7, 11) is 0. The highest BCUT2D eigenvalue weighted by molar-refractivity contribution is 4.90. The molecule has 0 bridgehead atoms. The minimum absolute atomic E-state index is 0.0365. The molecule has 0 aromatic heterocycles. The molecule has 0 aromatic rings. The Balaban J connectivity index is 1.98. The molecule has 0 spiro atoms. The molecule has 2 aliphatic rings. The molecule has 2 fully saturated rings. The highest BCUT2D eigenvalue weighted by Crippen LogP contribution is 2.29. The molecule has 0 amide bonds. The van der Waals surface area contributed by atoms with Crippen molar-refractivity contribution < 1.29 is 5.11 Å². The van der Waals surface area contributed by atoms with Gasteiger partial charge in [0.1, 0.15) is 0 Å². The fourth-order valence-electron chi connectivity index (χ4n) is 2.76. The van der Waals surface area contributed by atoms with E-state index in [1.165, 1.54) is 32.2 Å². The van der Waals surface area contributed by atoms with Crippen LogP contribution in [-0.4, -0.2) is 34.7 Å². The second-order valence-corrected chi connectivity index (χ2v) is 4.29. The van der Waals surface area contributed by atoms with Crippen molar-refractivity contribution in [3.63, 3.8) is 0 Å². The van der Waals surface area contributed by atoms with Crippen molar-refractivity contribution in [2.45, 2.75) is 57.2 Å². The summed E-state index contributed by atoms with van der Waals surface area (Å²) in [6.45, 7) is 3.50. The van der Waals surface area contributed by atoms with E-state index in [2.05, 4.69) is 11.8 Å². The lowest BCUT2D eigenvalue weighted by molar-refractivity contribution is 0.0670. The van der Waals surface area contributed by atoms with E-state index in [0.717, 1.165) is 6.42 Å². The largest absolute Gasteiger partial charge is 0.391 e. The second kappa shape index (κ2) is 3.35. The molecule has 2 heteroatoms. The Morgan fingerprint density at radius 2 is 2.00 bits per heavy atom. The molecule has 1 aliphatic carbocycles. The normalized spacial score (nSPS) is 44.0. The van der Waals surface area contributed by atoms with Crippen molar-refractivity contribution in [2.24, 2.45) is 0 Å². The average Bonchev–Trinajstić information content (AvgIpc) is 2.59. The van der Waals surface area contributed by atoms with Crippen LogP contribution in [0, 0.1) is 0 Å². The van der Waals surface area contributed by atoms with Gasteiger partial charge in [0.15, 0.2) is 0 Å². The molecule has 70 valence electrons. The summed E-state index contributed by atoms with van der Waals surface area (Å²) in [4.78, 5) is 2.51. The first-order valence-corrected chi connectivity index (χ1v) is 5.23. The monoisotopic (exact) mass is 169 g/mol. The van der Waals surface area contributed by atoms with E-state index in [1.807, 2.05) is 0 Å². The average molecular weight is 169 g/mol. The van der Waals surface area contributed by atoms with Crippen LogP contribution < -0.4 is 0 Å². The van der Waals surface area contributed by atoms with Gasteiger partial charge in [0.25, 0.3) is 0 Å². The number of hydrogen-bond donors (Lipinski definition) is 1.